The zero-order valence-corrected chi connectivity index (χ0v) is 15.2. The fraction of sp³-hybridized carbons (Fsp3) is 0.619. The normalized spacial score (nSPS) is 20.5. The average Bonchev–Trinajstić information content (AvgIpc) is 2.93. The van der Waals surface area contributed by atoms with E-state index >= 15 is 0 Å². The van der Waals surface area contributed by atoms with Crippen LogP contribution in [0, 0.1) is 5.92 Å². The Kier molecular flexibility index (Phi) is 5.77. The molecule has 1 amide bonds. The van der Waals surface area contributed by atoms with E-state index in [2.05, 4.69) is 25.1 Å². The second-order valence-corrected chi connectivity index (χ2v) is 7.66. The quantitative estimate of drug-likeness (QED) is 0.782. The van der Waals surface area contributed by atoms with E-state index in [4.69, 9.17) is 5.11 Å². The minimum Gasteiger partial charge on any atom is -0.481 e. The Balaban J connectivity index is 1.66. The summed E-state index contributed by atoms with van der Waals surface area (Å²) in [5, 5.41) is 8.72. The molecule has 1 aromatic carbocycles. The molecule has 0 aromatic heterocycles. The van der Waals surface area contributed by atoms with Crippen LogP contribution in [0.2, 0.25) is 0 Å². The zero-order chi connectivity index (χ0) is 17.8. The van der Waals surface area contributed by atoms with Crippen LogP contribution in [0.1, 0.15) is 69.4 Å². The summed E-state index contributed by atoms with van der Waals surface area (Å²) in [6, 6.07) is 6.68. The highest BCUT2D eigenvalue weighted by molar-refractivity contribution is 5.97. The lowest BCUT2D eigenvalue weighted by Gasteiger charge is -2.29. The molecule has 136 valence electrons. The van der Waals surface area contributed by atoms with Crippen LogP contribution >= 0.6 is 0 Å². The van der Waals surface area contributed by atoms with E-state index in [0.717, 1.165) is 44.2 Å². The summed E-state index contributed by atoms with van der Waals surface area (Å²) >= 11 is 0. The van der Waals surface area contributed by atoms with E-state index in [9.17, 15) is 9.59 Å². The van der Waals surface area contributed by atoms with Crippen LogP contribution in [0.5, 0.6) is 0 Å². The molecule has 0 bridgehead atoms. The number of carbonyl (C=O) groups is 2. The highest BCUT2D eigenvalue weighted by atomic mass is 16.4. The van der Waals surface area contributed by atoms with Gasteiger partial charge < -0.3 is 10.0 Å². The van der Waals surface area contributed by atoms with E-state index in [0.29, 0.717) is 5.91 Å². The molecular weight excluding hydrogens is 314 g/mol. The maximum atomic E-state index is 13.0. The van der Waals surface area contributed by atoms with Crippen LogP contribution in [-0.2, 0) is 22.4 Å². The Morgan fingerprint density at radius 2 is 1.92 bits per heavy atom. The SMILES string of the molecule is CC1Cc2cc(CCCCC(=O)O)ccc2N1C(=O)C1CCCCC1. The van der Waals surface area contributed by atoms with Gasteiger partial charge in [0.2, 0.25) is 5.91 Å². The van der Waals surface area contributed by atoms with Crippen LogP contribution in [0.15, 0.2) is 18.2 Å². The number of unbranched alkanes of at least 4 members (excludes halogenated alkanes) is 1. The first-order valence-corrected chi connectivity index (χ1v) is 9.73. The number of aliphatic carboxylic acids is 1. The molecule has 0 saturated heterocycles. The van der Waals surface area contributed by atoms with Crippen molar-refractivity contribution in [2.45, 2.75) is 77.2 Å². The minimum atomic E-state index is -0.723. The number of hydrogen-bond acceptors (Lipinski definition) is 2. The molecule has 1 atom stereocenters. The number of fused-ring (bicyclic) bond motifs is 1. The Morgan fingerprint density at radius 3 is 2.64 bits per heavy atom. The van der Waals surface area contributed by atoms with Crippen molar-refractivity contribution in [3.05, 3.63) is 29.3 Å². The van der Waals surface area contributed by atoms with E-state index < -0.39 is 5.97 Å². The van der Waals surface area contributed by atoms with Crippen molar-refractivity contribution in [2.24, 2.45) is 5.92 Å². The smallest absolute Gasteiger partial charge is 0.303 e. The predicted molar refractivity (Wildman–Crippen MR) is 98.9 cm³/mol. The number of anilines is 1. The third-order valence-corrected chi connectivity index (χ3v) is 5.66. The molecule has 3 rings (SSSR count). The van der Waals surface area contributed by atoms with E-state index in [-0.39, 0.29) is 18.4 Å². The third-order valence-electron chi connectivity index (χ3n) is 5.66. The van der Waals surface area contributed by atoms with Crippen LogP contribution in [-0.4, -0.2) is 23.0 Å². The Morgan fingerprint density at radius 1 is 1.16 bits per heavy atom. The van der Waals surface area contributed by atoms with Crippen molar-refractivity contribution < 1.29 is 14.7 Å². The third kappa shape index (κ3) is 4.23. The monoisotopic (exact) mass is 343 g/mol. The summed E-state index contributed by atoms with van der Waals surface area (Å²) in [6.07, 6.45) is 9.40. The van der Waals surface area contributed by atoms with Crippen LogP contribution in [0.3, 0.4) is 0 Å². The lowest BCUT2D eigenvalue weighted by molar-refractivity contribution is -0.137. The van der Waals surface area contributed by atoms with Gasteiger partial charge in [-0.05, 0) is 62.6 Å². The molecule has 2 aliphatic rings. The van der Waals surface area contributed by atoms with Gasteiger partial charge in [0, 0.05) is 24.1 Å². The number of amides is 1. The first-order valence-electron chi connectivity index (χ1n) is 9.73. The van der Waals surface area contributed by atoms with Crippen molar-refractivity contribution in [1.82, 2.24) is 0 Å². The van der Waals surface area contributed by atoms with Gasteiger partial charge in [0.05, 0.1) is 0 Å². The van der Waals surface area contributed by atoms with Gasteiger partial charge in [-0.3, -0.25) is 9.59 Å². The summed E-state index contributed by atoms with van der Waals surface area (Å²) in [5.41, 5.74) is 3.62. The maximum Gasteiger partial charge on any atom is 0.303 e. The topological polar surface area (TPSA) is 57.6 Å². The van der Waals surface area contributed by atoms with Gasteiger partial charge in [-0.25, -0.2) is 0 Å². The fourth-order valence-electron chi connectivity index (χ4n) is 4.33. The fourth-order valence-corrected chi connectivity index (χ4v) is 4.33. The van der Waals surface area contributed by atoms with Crippen molar-refractivity contribution >= 4 is 17.6 Å². The number of carboxylic acids is 1. The van der Waals surface area contributed by atoms with Gasteiger partial charge in [0.1, 0.15) is 0 Å². The van der Waals surface area contributed by atoms with Gasteiger partial charge in [0.25, 0.3) is 0 Å². The van der Waals surface area contributed by atoms with Crippen molar-refractivity contribution in [2.75, 3.05) is 4.90 Å². The molecule has 1 saturated carbocycles. The molecule has 1 aliphatic carbocycles. The summed E-state index contributed by atoms with van der Waals surface area (Å²) in [7, 11) is 0. The second-order valence-electron chi connectivity index (χ2n) is 7.66. The standard InChI is InChI=1S/C21H29NO3/c1-15-13-18-14-16(7-5-6-10-20(23)24)11-12-19(18)22(15)21(25)17-8-3-2-4-9-17/h11-12,14-15,17H,2-10,13H2,1H3,(H,23,24). The number of aryl methyl sites for hydroxylation is 1. The minimum absolute atomic E-state index is 0.206. The number of benzene rings is 1. The Bertz CT molecular complexity index is 634. The van der Waals surface area contributed by atoms with E-state index in [1.54, 1.807) is 0 Å². The van der Waals surface area contributed by atoms with Crippen molar-refractivity contribution in [3.8, 4) is 0 Å². The molecule has 4 nitrogen and oxygen atoms in total. The van der Waals surface area contributed by atoms with Gasteiger partial charge in [-0.15, -0.1) is 0 Å². The summed E-state index contributed by atoms with van der Waals surface area (Å²) < 4.78 is 0. The molecule has 1 aliphatic heterocycles. The van der Waals surface area contributed by atoms with Gasteiger partial charge >= 0.3 is 5.97 Å². The Hall–Kier alpha value is -1.84. The Labute approximate surface area is 150 Å². The molecule has 1 unspecified atom stereocenters. The number of rotatable bonds is 6. The molecule has 1 aromatic rings. The molecule has 25 heavy (non-hydrogen) atoms. The lowest BCUT2D eigenvalue weighted by Crippen LogP contribution is -2.40. The first-order chi connectivity index (χ1) is 12.1. The number of carbonyl (C=O) groups excluding carboxylic acids is 1. The van der Waals surface area contributed by atoms with E-state index in [1.165, 1.54) is 30.4 Å². The molecular formula is C21H29NO3. The lowest BCUT2D eigenvalue weighted by atomic mass is 9.88. The molecule has 0 radical (unpaired) electrons. The van der Waals surface area contributed by atoms with Crippen LogP contribution in [0.25, 0.3) is 0 Å². The molecule has 1 fully saturated rings. The zero-order valence-electron chi connectivity index (χ0n) is 15.2. The predicted octanol–water partition coefficient (Wildman–Crippen LogP) is 4.34. The molecule has 1 N–H and O–H groups in total. The van der Waals surface area contributed by atoms with Crippen LogP contribution < -0.4 is 4.90 Å². The summed E-state index contributed by atoms with van der Waals surface area (Å²) in [4.78, 5) is 25.6. The highest BCUT2D eigenvalue weighted by Crippen LogP contribution is 2.36. The van der Waals surface area contributed by atoms with Crippen molar-refractivity contribution in [3.63, 3.8) is 0 Å². The number of carboxylic acid groups (broad SMARTS) is 1. The van der Waals surface area contributed by atoms with Gasteiger partial charge in [-0.2, -0.15) is 0 Å². The maximum absolute atomic E-state index is 13.0. The summed E-state index contributed by atoms with van der Waals surface area (Å²) in [5.74, 6) is -0.197. The number of hydrogen-bond donors (Lipinski definition) is 1. The first kappa shape index (κ1) is 18.0. The molecule has 0 spiro atoms. The van der Waals surface area contributed by atoms with Gasteiger partial charge in [-0.1, -0.05) is 31.4 Å². The average molecular weight is 343 g/mol. The largest absolute Gasteiger partial charge is 0.481 e. The van der Waals surface area contributed by atoms with Crippen LogP contribution in [0.4, 0.5) is 5.69 Å². The summed E-state index contributed by atoms with van der Waals surface area (Å²) in [6.45, 7) is 2.15. The molecule has 4 heteroatoms. The van der Waals surface area contributed by atoms with Crippen molar-refractivity contribution in [1.29, 1.82) is 0 Å². The van der Waals surface area contributed by atoms with Gasteiger partial charge in [0.15, 0.2) is 0 Å². The molecule has 1 heterocycles. The second kappa shape index (κ2) is 8.03. The van der Waals surface area contributed by atoms with E-state index in [1.807, 2.05) is 4.90 Å². The number of nitrogens with zero attached hydrogens (tertiary/aromatic N) is 1. The highest BCUT2D eigenvalue weighted by Gasteiger charge is 2.35.